The van der Waals surface area contributed by atoms with E-state index in [4.69, 9.17) is 4.42 Å². The molecule has 4 rings (SSSR count). The Hall–Kier alpha value is -2.11. The van der Waals surface area contributed by atoms with Gasteiger partial charge in [0.25, 0.3) is 6.01 Å². The topological polar surface area (TPSA) is 58.4 Å². The monoisotopic (exact) mass is 345 g/mol. The predicted octanol–water partition coefficient (Wildman–Crippen LogP) is 3.63. The van der Waals surface area contributed by atoms with Gasteiger partial charge in [0.15, 0.2) is 5.58 Å². The summed E-state index contributed by atoms with van der Waals surface area (Å²) < 4.78 is 19.0. The van der Waals surface area contributed by atoms with Crippen LogP contribution in [0.15, 0.2) is 22.6 Å². The number of nitrogens with zero attached hydrogens (tertiary/aromatic N) is 2. The number of nitrogens with one attached hydrogen (secondary N) is 1. The molecule has 1 amide bonds. The Balaban J connectivity index is 1.30. The number of oxazole rings is 1. The van der Waals surface area contributed by atoms with E-state index in [9.17, 15) is 9.18 Å². The van der Waals surface area contributed by atoms with Crippen LogP contribution < -0.4 is 10.2 Å². The van der Waals surface area contributed by atoms with E-state index in [1.165, 1.54) is 37.8 Å². The minimum Gasteiger partial charge on any atom is -0.423 e. The lowest BCUT2D eigenvalue weighted by molar-refractivity contribution is -0.122. The van der Waals surface area contributed by atoms with Crippen LogP contribution in [0.1, 0.15) is 44.9 Å². The molecule has 5 nitrogen and oxygen atoms in total. The third-order valence-electron chi connectivity index (χ3n) is 5.42. The first kappa shape index (κ1) is 16.4. The van der Waals surface area contributed by atoms with Crippen molar-refractivity contribution in [2.75, 3.05) is 18.0 Å². The van der Waals surface area contributed by atoms with E-state index in [0.717, 1.165) is 25.9 Å². The highest BCUT2D eigenvalue weighted by molar-refractivity contribution is 5.76. The van der Waals surface area contributed by atoms with Crippen LogP contribution in [0.5, 0.6) is 0 Å². The third-order valence-corrected chi connectivity index (χ3v) is 5.42. The molecule has 1 aliphatic carbocycles. The normalized spacial score (nSPS) is 19.6. The van der Waals surface area contributed by atoms with E-state index in [1.807, 2.05) is 0 Å². The van der Waals surface area contributed by atoms with Crippen LogP contribution in [-0.2, 0) is 4.79 Å². The number of piperidine rings is 1. The molecule has 0 unspecified atom stereocenters. The Bertz CT molecular complexity index is 746. The van der Waals surface area contributed by atoms with Crippen molar-refractivity contribution in [2.24, 2.45) is 5.92 Å². The van der Waals surface area contributed by atoms with Gasteiger partial charge in [-0.1, -0.05) is 12.8 Å². The summed E-state index contributed by atoms with van der Waals surface area (Å²) in [5, 5.41) is 3.19. The molecule has 2 aliphatic rings. The van der Waals surface area contributed by atoms with E-state index < -0.39 is 0 Å². The van der Waals surface area contributed by atoms with Gasteiger partial charge >= 0.3 is 0 Å². The number of aromatic nitrogens is 1. The highest BCUT2D eigenvalue weighted by Crippen LogP contribution is 2.28. The molecule has 2 aromatic rings. The first-order valence-electron chi connectivity index (χ1n) is 9.28. The molecular weight excluding hydrogens is 321 g/mol. The van der Waals surface area contributed by atoms with E-state index in [1.54, 1.807) is 6.07 Å². The maximum absolute atomic E-state index is 13.3. The van der Waals surface area contributed by atoms with Gasteiger partial charge in [-0.2, -0.15) is 4.98 Å². The number of anilines is 1. The van der Waals surface area contributed by atoms with E-state index >= 15 is 0 Å². The molecule has 1 aliphatic heterocycles. The second kappa shape index (κ2) is 7.02. The highest BCUT2D eigenvalue weighted by Gasteiger charge is 2.25. The number of halogens is 1. The van der Waals surface area contributed by atoms with Gasteiger partial charge in [0.1, 0.15) is 11.3 Å². The molecule has 0 radical (unpaired) electrons. The summed E-state index contributed by atoms with van der Waals surface area (Å²) in [6.07, 6.45) is 7.37. The van der Waals surface area contributed by atoms with Gasteiger partial charge in [0.05, 0.1) is 0 Å². The Kier molecular flexibility index (Phi) is 4.59. The van der Waals surface area contributed by atoms with Gasteiger partial charge in [-0.3, -0.25) is 4.79 Å². The lowest BCUT2D eigenvalue weighted by Crippen LogP contribution is -2.45. The van der Waals surface area contributed by atoms with Crippen LogP contribution in [0.2, 0.25) is 0 Å². The number of hydrogen-bond acceptors (Lipinski definition) is 4. The molecule has 6 heteroatoms. The molecule has 0 spiro atoms. The van der Waals surface area contributed by atoms with E-state index in [0.29, 0.717) is 29.5 Å². The zero-order valence-electron chi connectivity index (χ0n) is 14.3. The highest BCUT2D eigenvalue weighted by atomic mass is 19.1. The fourth-order valence-corrected chi connectivity index (χ4v) is 4.00. The Morgan fingerprint density at radius 1 is 1.24 bits per heavy atom. The maximum atomic E-state index is 13.3. The number of amides is 1. The number of rotatable bonds is 4. The smallest absolute Gasteiger partial charge is 0.298 e. The predicted molar refractivity (Wildman–Crippen MR) is 93.9 cm³/mol. The minimum absolute atomic E-state index is 0.197. The van der Waals surface area contributed by atoms with Gasteiger partial charge < -0.3 is 14.6 Å². The third kappa shape index (κ3) is 3.78. The van der Waals surface area contributed by atoms with Gasteiger partial charge in [0, 0.05) is 31.6 Å². The Morgan fingerprint density at radius 3 is 2.76 bits per heavy atom. The molecule has 2 fully saturated rings. The maximum Gasteiger partial charge on any atom is 0.298 e. The molecule has 25 heavy (non-hydrogen) atoms. The molecule has 1 saturated heterocycles. The number of benzene rings is 1. The van der Waals surface area contributed by atoms with Crippen molar-refractivity contribution in [2.45, 2.75) is 51.0 Å². The molecular formula is C19H24FN3O2. The van der Waals surface area contributed by atoms with Gasteiger partial charge in [-0.25, -0.2) is 4.39 Å². The zero-order chi connectivity index (χ0) is 17.2. The number of fused-ring (bicyclic) bond motifs is 1. The average molecular weight is 345 g/mol. The van der Waals surface area contributed by atoms with E-state index in [-0.39, 0.29) is 17.8 Å². The van der Waals surface area contributed by atoms with Crippen molar-refractivity contribution < 1.29 is 13.6 Å². The summed E-state index contributed by atoms with van der Waals surface area (Å²) in [4.78, 5) is 18.6. The average Bonchev–Trinajstić information content (AvgIpc) is 3.24. The van der Waals surface area contributed by atoms with Crippen molar-refractivity contribution in [1.82, 2.24) is 10.3 Å². The Morgan fingerprint density at radius 2 is 2.00 bits per heavy atom. The van der Waals surface area contributed by atoms with Gasteiger partial charge in [-0.15, -0.1) is 0 Å². The summed E-state index contributed by atoms with van der Waals surface area (Å²) in [5.41, 5.74) is 1.14. The molecule has 1 aromatic heterocycles. The quantitative estimate of drug-likeness (QED) is 0.919. The summed E-state index contributed by atoms with van der Waals surface area (Å²) in [6, 6.07) is 5.14. The van der Waals surface area contributed by atoms with Gasteiger partial charge in [0.2, 0.25) is 5.91 Å². The van der Waals surface area contributed by atoms with E-state index in [2.05, 4.69) is 15.2 Å². The van der Waals surface area contributed by atoms with Crippen LogP contribution >= 0.6 is 0 Å². The zero-order valence-corrected chi connectivity index (χ0v) is 14.3. The molecule has 2 heterocycles. The second-order valence-corrected chi connectivity index (χ2v) is 7.29. The molecule has 0 bridgehead atoms. The lowest BCUT2D eigenvalue weighted by atomic mass is 10.0. The van der Waals surface area contributed by atoms with Crippen molar-refractivity contribution >= 4 is 23.0 Å². The largest absolute Gasteiger partial charge is 0.423 e. The van der Waals surface area contributed by atoms with Gasteiger partial charge in [-0.05, 0) is 43.7 Å². The van der Waals surface area contributed by atoms with Crippen LogP contribution in [-0.4, -0.2) is 30.0 Å². The Labute approximate surface area is 146 Å². The van der Waals surface area contributed by atoms with Crippen molar-refractivity contribution in [1.29, 1.82) is 0 Å². The summed E-state index contributed by atoms with van der Waals surface area (Å²) in [7, 11) is 0. The number of carbonyl (C=O) groups is 1. The van der Waals surface area contributed by atoms with Crippen molar-refractivity contribution in [3.63, 3.8) is 0 Å². The first-order valence-corrected chi connectivity index (χ1v) is 9.28. The lowest BCUT2D eigenvalue weighted by Gasteiger charge is -2.31. The van der Waals surface area contributed by atoms with Crippen LogP contribution in [0.25, 0.3) is 11.1 Å². The fraction of sp³-hybridized carbons (Fsp3) is 0.579. The summed E-state index contributed by atoms with van der Waals surface area (Å²) in [5.74, 6) is 0.471. The molecule has 0 atom stereocenters. The SMILES string of the molecule is O=C(CC1CCCC1)NC1CCN(c2nc3cc(F)ccc3o2)CC1. The number of hydrogen-bond donors (Lipinski definition) is 1. The van der Waals surface area contributed by atoms with Crippen LogP contribution in [0.4, 0.5) is 10.4 Å². The first-order chi connectivity index (χ1) is 12.2. The molecule has 134 valence electrons. The summed E-state index contributed by atoms with van der Waals surface area (Å²) >= 11 is 0. The van der Waals surface area contributed by atoms with Crippen LogP contribution in [0.3, 0.4) is 0 Å². The molecule has 1 saturated carbocycles. The standard InChI is InChI=1S/C19H24FN3O2/c20-14-5-6-17-16(12-14)22-19(25-17)23-9-7-15(8-10-23)21-18(24)11-13-3-1-2-4-13/h5-6,12-13,15H,1-4,7-11H2,(H,21,24). The second-order valence-electron chi connectivity index (χ2n) is 7.29. The minimum atomic E-state index is -0.309. The summed E-state index contributed by atoms with van der Waals surface area (Å²) in [6.45, 7) is 1.56. The van der Waals surface area contributed by atoms with Crippen LogP contribution in [0, 0.1) is 11.7 Å². The molecule has 1 N–H and O–H groups in total. The van der Waals surface area contributed by atoms with Crippen molar-refractivity contribution in [3.05, 3.63) is 24.0 Å². The van der Waals surface area contributed by atoms with Crippen molar-refractivity contribution in [3.8, 4) is 0 Å². The fourth-order valence-electron chi connectivity index (χ4n) is 4.00. The number of carbonyl (C=O) groups excluding carboxylic acids is 1. The molecule has 1 aromatic carbocycles.